The number of carbonyl (C=O) groups is 2. The van der Waals surface area contributed by atoms with Crippen LogP contribution in [0.2, 0.25) is 0 Å². The van der Waals surface area contributed by atoms with Gasteiger partial charge in [-0.1, -0.05) is 31.3 Å². The molecule has 0 saturated carbocycles. The molecule has 0 unspecified atom stereocenters. The van der Waals surface area contributed by atoms with Crippen molar-refractivity contribution < 1.29 is 24.2 Å². The van der Waals surface area contributed by atoms with Crippen molar-refractivity contribution in [1.29, 1.82) is 0 Å². The van der Waals surface area contributed by atoms with E-state index in [-0.39, 0.29) is 35.3 Å². The lowest BCUT2D eigenvalue weighted by molar-refractivity contribution is -0.138. The lowest BCUT2D eigenvalue weighted by Crippen LogP contribution is -2.14. The highest BCUT2D eigenvalue weighted by Gasteiger charge is 2.33. The van der Waals surface area contributed by atoms with E-state index in [0.717, 1.165) is 17.3 Å². The number of nitrogens with zero attached hydrogens (tertiary/aromatic N) is 1. The Labute approximate surface area is 196 Å². The molecule has 1 aliphatic heterocycles. The van der Waals surface area contributed by atoms with Crippen molar-refractivity contribution in [2.24, 2.45) is 4.99 Å². The minimum Gasteiger partial charge on any atom is -0.506 e. The van der Waals surface area contributed by atoms with Crippen molar-refractivity contribution in [3.63, 3.8) is 0 Å². The summed E-state index contributed by atoms with van der Waals surface area (Å²) in [6.07, 6.45) is 4.23. The van der Waals surface area contributed by atoms with Gasteiger partial charge in [-0.05, 0) is 69.0 Å². The molecular formula is C21H21Br2NO5S. The first-order valence-electron chi connectivity index (χ1n) is 9.17. The topological polar surface area (TPSA) is 85.2 Å². The Morgan fingerprint density at radius 3 is 2.50 bits per heavy atom. The molecule has 0 aromatic heterocycles. The number of esters is 1. The molecule has 1 heterocycles. The Balaban J connectivity index is 2.46. The predicted molar refractivity (Wildman–Crippen MR) is 127 cm³/mol. The summed E-state index contributed by atoms with van der Waals surface area (Å²) in [5.74, 6) is -0.717. The normalized spacial score (nSPS) is 16.3. The van der Waals surface area contributed by atoms with Crippen LogP contribution in [0.4, 0.5) is 0 Å². The van der Waals surface area contributed by atoms with Crippen LogP contribution >= 0.6 is 43.6 Å². The van der Waals surface area contributed by atoms with Crippen LogP contribution in [0.5, 0.6) is 5.75 Å². The molecule has 1 amide bonds. The maximum atomic E-state index is 12.3. The van der Waals surface area contributed by atoms with E-state index >= 15 is 0 Å². The molecule has 1 aromatic rings. The molecule has 1 N–H and O–H groups in total. The molecule has 30 heavy (non-hydrogen) atoms. The molecule has 0 atom stereocenters. The molecule has 0 saturated heterocycles. The molecule has 0 spiro atoms. The fourth-order valence-electron chi connectivity index (χ4n) is 2.47. The van der Waals surface area contributed by atoms with Crippen LogP contribution in [0.3, 0.4) is 0 Å². The van der Waals surface area contributed by atoms with E-state index in [9.17, 15) is 14.7 Å². The second kappa shape index (κ2) is 11.5. The summed E-state index contributed by atoms with van der Waals surface area (Å²) in [5, 5.41) is 10.8. The van der Waals surface area contributed by atoms with E-state index < -0.39 is 5.97 Å². The minimum atomic E-state index is -0.718. The fourth-order valence-corrected chi connectivity index (χ4v) is 4.95. The van der Waals surface area contributed by atoms with Crippen molar-refractivity contribution in [3.05, 3.63) is 55.5 Å². The van der Waals surface area contributed by atoms with Crippen LogP contribution in [-0.4, -0.2) is 35.2 Å². The lowest BCUT2D eigenvalue weighted by Gasteiger charge is -2.10. The van der Waals surface area contributed by atoms with Gasteiger partial charge in [0.05, 0.1) is 20.5 Å². The first-order chi connectivity index (χ1) is 14.3. The Morgan fingerprint density at radius 1 is 1.27 bits per heavy atom. The largest absolute Gasteiger partial charge is 0.506 e. The first-order valence-corrected chi connectivity index (χ1v) is 11.6. The van der Waals surface area contributed by atoms with Crippen molar-refractivity contribution >= 4 is 66.6 Å². The van der Waals surface area contributed by atoms with Crippen LogP contribution in [0.25, 0.3) is 6.08 Å². The van der Waals surface area contributed by atoms with E-state index in [1.165, 1.54) is 0 Å². The predicted octanol–water partition coefficient (Wildman–Crippen LogP) is 5.96. The molecule has 9 heteroatoms. The maximum Gasteiger partial charge on any atom is 0.344 e. The van der Waals surface area contributed by atoms with Gasteiger partial charge >= 0.3 is 5.97 Å². The van der Waals surface area contributed by atoms with Gasteiger partial charge in [-0.3, -0.25) is 4.79 Å². The first kappa shape index (κ1) is 24.4. The minimum absolute atomic E-state index is 0.0957. The monoisotopic (exact) mass is 557 g/mol. The molecule has 1 aromatic carbocycles. The molecule has 0 aliphatic carbocycles. The molecular weight excluding hydrogens is 538 g/mol. The second-order valence-corrected chi connectivity index (χ2v) is 8.77. The number of thioether (sulfide) groups is 1. The van der Waals surface area contributed by atoms with Gasteiger partial charge in [0.2, 0.25) is 5.91 Å². The van der Waals surface area contributed by atoms with Crippen LogP contribution < -0.4 is 4.74 Å². The summed E-state index contributed by atoms with van der Waals surface area (Å²) in [7, 11) is 0. The maximum absolute atomic E-state index is 12.3. The van der Waals surface area contributed by atoms with Gasteiger partial charge in [-0.15, -0.1) is 0 Å². The van der Waals surface area contributed by atoms with Crippen LogP contribution in [0.1, 0.15) is 32.3 Å². The zero-order valence-corrected chi connectivity index (χ0v) is 20.5. The van der Waals surface area contributed by atoms with Crippen molar-refractivity contribution in [1.82, 2.24) is 0 Å². The van der Waals surface area contributed by atoms with E-state index in [0.29, 0.717) is 32.6 Å². The lowest BCUT2D eigenvalue weighted by atomic mass is 10.1. The molecule has 0 radical (unpaired) electrons. The van der Waals surface area contributed by atoms with Gasteiger partial charge in [-0.2, -0.15) is 0 Å². The SMILES string of the molecule is C=CCOc1c(Br)cc(/C=C2\SC(=NC(=O)CCC)C(C(=O)OCC)=C2O)cc1Br. The van der Waals surface area contributed by atoms with Crippen LogP contribution in [0, 0.1) is 0 Å². The fraction of sp³-hybridized carbons (Fsp3) is 0.286. The molecule has 0 fully saturated rings. The van der Waals surface area contributed by atoms with Crippen molar-refractivity contribution in [2.45, 2.75) is 26.7 Å². The number of aliphatic hydroxyl groups excluding tert-OH is 1. The molecule has 2 rings (SSSR count). The second-order valence-electron chi connectivity index (χ2n) is 6.03. The number of amides is 1. The van der Waals surface area contributed by atoms with Gasteiger partial charge in [0, 0.05) is 6.42 Å². The summed E-state index contributed by atoms with van der Waals surface area (Å²) in [5.41, 5.74) is 0.639. The summed E-state index contributed by atoms with van der Waals surface area (Å²) in [4.78, 5) is 28.7. The highest BCUT2D eigenvalue weighted by atomic mass is 79.9. The highest BCUT2D eigenvalue weighted by molar-refractivity contribution is 9.11. The van der Waals surface area contributed by atoms with Crippen molar-refractivity contribution in [3.8, 4) is 5.75 Å². The zero-order valence-electron chi connectivity index (χ0n) is 16.5. The van der Waals surface area contributed by atoms with Gasteiger partial charge in [0.1, 0.15) is 28.7 Å². The van der Waals surface area contributed by atoms with Gasteiger partial charge in [0.25, 0.3) is 0 Å². The molecule has 6 nitrogen and oxygen atoms in total. The number of benzene rings is 1. The Kier molecular flexibility index (Phi) is 9.38. The van der Waals surface area contributed by atoms with Crippen LogP contribution in [0.15, 0.2) is 55.0 Å². The number of hydrogen-bond donors (Lipinski definition) is 1. The van der Waals surface area contributed by atoms with Gasteiger partial charge in [-0.25, -0.2) is 9.79 Å². The molecule has 1 aliphatic rings. The third kappa shape index (κ3) is 6.09. The number of carbonyl (C=O) groups excluding carboxylic acids is 2. The van der Waals surface area contributed by atoms with E-state index in [4.69, 9.17) is 9.47 Å². The number of halogens is 2. The number of aliphatic hydroxyl groups is 1. The summed E-state index contributed by atoms with van der Waals surface area (Å²) >= 11 is 7.99. The van der Waals surface area contributed by atoms with Gasteiger partial charge < -0.3 is 14.6 Å². The number of rotatable bonds is 8. The van der Waals surface area contributed by atoms with Crippen LogP contribution in [-0.2, 0) is 14.3 Å². The van der Waals surface area contributed by atoms with E-state index in [1.54, 1.807) is 19.1 Å². The summed E-state index contributed by atoms with van der Waals surface area (Å²) in [6, 6.07) is 3.62. The standard InChI is InChI=1S/C21H21Br2NO5S/c1-4-7-16(25)24-20-17(21(27)28-6-3)18(26)15(30-20)11-12-9-13(22)19(14(23)10-12)29-8-5-2/h5,9-11,26H,2,4,6-8H2,1,3H3/b15-11-,24-20?. The molecule has 160 valence electrons. The quantitative estimate of drug-likeness (QED) is 0.313. The number of aliphatic imine (C=N–C) groups is 1. The number of ether oxygens (including phenoxy) is 2. The summed E-state index contributed by atoms with van der Waals surface area (Å²) < 4.78 is 12.0. The Hall–Kier alpha value is -1.84. The Bertz CT molecular complexity index is 930. The third-order valence-electron chi connectivity index (χ3n) is 3.72. The average Bonchev–Trinajstić information content (AvgIpc) is 2.96. The Morgan fingerprint density at radius 2 is 1.93 bits per heavy atom. The smallest absolute Gasteiger partial charge is 0.344 e. The summed E-state index contributed by atoms with van der Waals surface area (Å²) in [6.45, 7) is 7.65. The highest BCUT2D eigenvalue weighted by Crippen LogP contribution is 2.41. The number of hydrogen-bond acceptors (Lipinski definition) is 6. The average molecular weight is 559 g/mol. The molecule has 0 bridgehead atoms. The van der Waals surface area contributed by atoms with Crippen molar-refractivity contribution in [2.75, 3.05) is 13.2 Å². The third-order valence-corrected chi connectivity index (χ3v) is 5.92. The van der Waals surface area contributed by atoms with E-state index in [1.807, 2.05) is 19.1 Å². The zero-order chi connectivity index (χ0) is 22.3. The van der Waals surface area contributed by atoms with E-state index in [2.05, 4.69) is 43.4 Å². The van der Waals surface area contributed by atoms with Gasteiger partial charge in [0.15, 0.2) is 0 Å².